The van der Waals surface area contributed by atoms with Gasteiger partial charge in [-0.15, -0.1) is 0 Å². The van der Waals surface area contributed by atoms with Crippen molar-refractivity contribution in [2.45, 2.75) is 19.3 Å². The summed E-state index contributed by atoms with van der Waals surface area (Å²) in [5.74, 6) is 0.662. The molecule has 2 N–H and O–H groups in total. The van der Waals surface area contributed by atoms with Crippen molar-refractivity contribution in [1.29, 1.82) is 0 Å². The highest BCUT2D eigenvalue weighted by Crippen LogP contribution is 2.15. The van der Waals surface area contributed by atoms with Gasteiger partial charge in [-0.2, -0.15) is 4.21 Å². The van der Waals surface area contributed by atoms with Gasteiger partial charge in [-0.1, -0.05) is 0 Å². The first-order chi connectivity index (χ1) is 5.79. The van der Waals surface area contributed by atoms with Gasteiger partial charge in [-0.25, -0.2) is 0 Å². The summed E-state index contributed by atoms with van der Waals surface area (Å²) in [6.45, 7) is 2.52. The average molecular weight is 193 g/mol. The van der Waals surface area contributed by atoms with Crippen LogP contribution in [0.15, 0.2) is 0 Å². The quantitative estimate of drug-likeness (QED) is 0.639. The molecule has 4 nitrogen and oxygen atoms in total. The second-order valence-electron chi connectivity index (χ2n) is 3.02. The topological polar surface area (TPSA) is 58.6 Å². The summed E-state index contributed by atoms with van der Waals surface area (Å²) in [5.41, 5.74) is 0. The molecule has 0 aromatic carbocycles. The molecular formula is C7H15NO3S. The Bertz CT molecular complexity index is 148. The van der Waals surface area contributed by atoms with E-state index in [2.05, 4.69) is 9.50 Å². The zero-order valence-electron chi connectivity index (χ0n) is 6.99. The van der Waals surface area contributed by atoms with E-state index in [1.807, 2.05) is 0 Å². The molecule has 0 aromatic rings. The van der Waals surface area contributed by atoms with Crippen LogP contribution in [0.4, 0.5) is 0 Å². The number of hydrogen-bond acceptors (Lipinski definition) is 3. The molecule has 1 rings (SSSR count). The first kappa shape index (κ1) is 10.1. The molecule has 72 valence electrons. The predicted octanol–water partition coefficient (Wildman–Crippen LogP) is 0.529. The number of piperidine rings is 1. The van der Waals surface area contributed by atoms with Gasteiger partial charge in [0.1, 0.15) is 0 Å². The molecule has 0 bridgehead atoms. The molecule has 1 aliphatic heterocycles. The van der Waals surface area contributed by atoms with Crippen LogP contribution in [-0.4, -0.2) is 28.5 Å². The molecule has 1 aliphatic rings. The minimum atomic E-state index is -2.09. The van der Waals surface area contributed by atoms with Crippen molar-refractivity contribution in [3.05, 3.63) is 0 Å². The third kappa shape index (κ3) is 4.15. The molecular weight excluding hydrogens is 178 g/mol. The van der Waals surface area contributed by atoms with E-state index >= 15 is 0 Å². The summed E-state index contributed by atoms with van der Waals surface area (Å²) >= 11 is -2.09. The fourth-order valence-electron chi connectivity index (χ4n) is 1.46. The number of nitrogens with one attached hydrogen (secondary N) is 1. The van der Waals surface area contributed by atoms with Crippen molar-refractivity contribution in [3.63, 3.8) is 0 Å². The lowest BCUT2D eigenvalue weighted by Crippen LogP contribution is -2.28. The predicted molar refractivity (Wildman–Crippen MR) is 46.9 cm³/mol. The Morgan fingerprint density at radius 1 is 1.50 bits per heavy atom. The van der Waals surface area contributed by atoms with Crippen molar-refractivity contribution in [2.75, 3.05) is 19.7 Å². The van der Waals surface area contributed by atoms with Crippen LogP contribution in [0.25, 0.3) is 0 Å². The first-order valence-electron chi connectivity index (χ1n) is 4.24. The summed E-state index contributed by atoms with van der Waals surface area (Å²) < 4.78 is 23.0. The summed E-state index contributed by atoms with van der Waals surface area (Å²) in [4.78, 5) is 0. The van der Waals surface area contributed by atoms with Crippen molar-refractivity contribution in [1.82, 2.24) is 5.32 Å². The normalized spacial score (nSPS) is 22.4. The highest BCUT2D eigenvalue weighted by atomic mass is 32.2. The molecule has 1 unspecified atom stereocenters. The molecule has 0 aliphatic carbocycles. The Balaban J connectivity index is 2.01. The summed E-state index contributed by atoms with van der Waals surface area (Å²) in [7, 11) is 0. The Hall–Kier alpha value is 0.0300. The minimum Gasteiger partial charge on any atom is -0.317 e. The molecule has 0 saturated carbocycles. The molecule has 1 atom stereocenters. The largest absolute Gasteiger partial charge is 0.317 e. The van der Waals surface area contributed by atoms with Crippen molar-refractivity contribution in [2.24, 2.45) is 5.92 Å². The van der Waals surface area contributed by atoms with Gasteiger partial charge in [0.2, 0.25) is 0 Å². The second-order valence-corrected chi connectivity index (χ2v) is 3.69. The summed E-state index contributed by atoms with van der Waals surface area (Å²) in [6.07, 6.45) is 3.21. The Kier molecular flexibility index (Phi) is 4.75. The first-order valence-corrected chi connectivity index (χ1v) is 5.27. The van der Waals surface area contributed by atoms with Crippen molar-refractivity contribution >= 4 is 11.4 Å². The zero-order chi connectivity index (χ0) is 8.81. The monoisotopic (exact) mass is 193 g/mol. The van der Waals surface area contributed by atoms with E-state index < -0.39 is 11.4 Å². The lowest BCUT2D eigenvalue weighted by molar-refractivity contribution is 0.250. The second kappa shape index (κ2) is 5.64. The van der Waals surface area contributed by atoms with Crippen LogP contribution in [0.2, 0.25) is 0 Å². The van der Waals surface area contributed by atoms with Crippen LogP contribution < -0.4 is 5.32 Å². The number of rotatable bonds is 4. The molecule has 1 saturated heterocycles. The average Bonchev–Trinajstić information content (AvgIpc) is 2.05. The van der Waals surface area contributed by atoms with Crippen LogP contribution in [0.1, 0.15) is 19.3 Å². The van der Waals surface area contributed by atoms with Gasteiger partial charge >= 0.3 is 11.4 Å². The third-order valence-corrected chi connectivity index (χ3v) is 2.54. The van der Waals surface area contributed by atoms with Gasteiger partial charge in [0.25, 0.3) is 0 Å². The van der Waals surface area contributed by atoms with E-state index in [9.17, 15) is 4.21 Å². The Labute approximate surface area is 75.2 Å². The van der Waals surface area contributed by atoms with Gasteiger partial charge in [0.15, 0.2) is 0 Å². The third-order valence-electron chi connectivity index (χ3n) is 2.17. The smallest absolute Gasteiger partial charge is 0.301 e. The van der Waals surface area contributed by atoms with Gasteiger partial charge in [0, 0.05) is 0 Å². The highest BCUT2D eigenvalue weighted by Gasteiger charge is 2.12. The molecule has 0 radical (unpaired) electrons. The van der Waals surface area contributed by atoms with Gasteiger partial charge in [0.05, 0.1) is 6.61 Å². The fraction of sp³-hybridized carbons (Fsp3) is 1.00. The van der Waals surface area contributed by atoms with Crippen LogP contribution in [0.3, 0.4) is 0 Å². The standard InChI is InChI=1S/C7H15NO3S/c9-12(10)11-6-3-7-1-4-8-5-2-7/h7-8H,1-6H2,(H,9,10). The highest BCUT2D eigenvalue weighted by molar-refractivity contribution is 7.74. The molecule has 1 fully saturated rings. The van der Waals surface area contributed by atoms with Gasteiger partial charge in [-0.05, 0) is 38.3 Å². The van der Waals surface area contributed by atoms with Crippen molar-refractivity contribution < 1.29 is 12.9 Å². The van der Waals surface area contributed by atoms with Crippen LogP contribution >= 0.6 is 0 Å². The molecule has 12 heavy (non-hydrogen) atoms. The summed E-state index contributed by atoms with van der Waals surface area (Å²) in [6, 6.07) is 0. The minimum absolute atomic E-state index is 0.397. The molecule has 1 heterocycles. The number of hydrogen-bond donors (Lipinski definition) is 2. The van der Waals surface area contributed by atoms with E-state index in [1.165, 1.54) is 0 Å². The molecule has 0 amide bonds. The van der Waals surface area contributed by atoms with Gasteiger partial charge < -0.3 is 5.32 Å². The Morgan fingerprint density at radius 2 is 2.17 bits per heavy atom. The molecule has 0 spiro atoms. The van der Waals surface area contributed by atoms with Crippen LogP contribution in [0, 0.1) is 5.92 Å². The lowest BCUT2D eigenvalue weighted by atomic mass is 9.95. The van der Waals surface area contributed by atoms with Crippen LogP contribution in [0.5, 0.6) is 0 Å². The maximum atomic E-state index is 10.1. The fourth-order valence-corrected chi connectivity index (χ4v) is 1.70. The van der Waals surface area contributed by atoms with E-state index in [-0.39, 0.29) is 0 Å². The van der Waals surface area contributed by atoms with E-state index in [0.29, 0.717) is 12.5 Å². The molecule has 5 heteroatoms. The maximum Gasteiger partial charge on any atom is 0.301 e. The van der Waals surface area contributed by atoms with E-state index in [4.69, 9.17) is 4.55 Å². The zero-order valence-corrected chi connectivity index (χ0v) is 7.81. The van der Waals surface area contributed by atoms with E-state index in [0.717, 1.165) is 32.4 Å². The van der Waals surface area contributed by atoms with Crippen molar-refractivity contribution in [3.8, 4) is 0 Å². The van der Waals surface area contributed by atoms with Gasteiger partial charge in [-0.3, -0.25) is 8.74 Å². The summed E-state index contributed by atoms with van der Waals surface area (Å²) in [5, 5.41) is 3.26. The Morgan fingerprint density at radius 3 is 2.75 bits per heavy atom. The van der Waals surface area contributed by atoms with Crippen LogP contribution in [-0.2, 0) is 15.5 Å². The van der Waals surface area contributed by atoms with E-state index in [1.54, 1.807) is 0 Å². The lowest BCUT2D eigenvalue weighted by Gasteiger charge is -2.21. The maximum absolute atomic E-state index is 10.1. The molecule has 0 aromatic heterocycles. The SMILES string of the molecule is O=S(O)OCCC1CCNCC1.